The minimum atomic E-state index is -2.92. The van der Waals surface area contributed by atoms with Crippen molar-refractivity contribution < 1.29 is 19.1 Å². The predicted octanol–water partition coefficient (Wildman–Crippen LogP) is 8.50. The van der Waals surface area contributed by atoms with Gasteiger partial charge in [0.2, 0.25) is 5.91 Å². The lowest BCUT2D eigenvalue weighted by Crippen LogP contribution is -2.67. The molecule has 0 saturated carbocycles. The number of hydrogen-bond acceptors (Lipinski definition) is 3. The third-order valence-corrected chi connectivity index (χ3v) is 15.0. The van der Waals surface area contributed by atoms with E-state index in [-0.39, 0.29) is 35.4 Å². The van der Waals surface area contributed by atoms with E-state index in [0.29, 0.717) is 29.5 Å². The third-order valence-electron chi connectivity index (χ3n) is 9.51. The predicted molar refractivity (Wildman–Crippen MR) is 193 cm³/mol. The first-order valence-corrected chi connectivity index (χ1v) is 18.9. The molecule has 246 valence electrons. The van der Waals surface area contributed by atoms with Gasteiger partial charge in [0.25, 0.3) is 8.32 Å². The van der Waals surface area contributed by atoms with Crippen LogP contribution in [0.4, 0.5) is 0 Å². The maximum Gasteiger partial charge on any atom is 0.304 e. The third kappa shape index (κ3) is 7.36. The Balaban J connectivity index is 1.65. The number of aliphatic carboxylic acids is 1. The molecular weight excluding hydrogens is 645 g/mol. The van der Waals surface area contributed by atoms with Gasteiger partial charge < -0.3 is 14.4 Å². The minimum Gasteiger partial charge on any atom is -0.481 e. The Labute approximate surface area is 289 Å². The minimum absolute atomic E-state index is 0.163. The fourth-order valence-corrected chi connectivity index (χ4v) is 12.3. The average Bonchev–Trinajstić information content (AvgIpc) is 3.05. The zero-order chi connectivity index (χ0) is 33.8. The zero-order valence-corrected chi connectivity index (χ0v) is 29.9. The van der Waals surface area contributed by atoms with Crippen molar-refractivity contribution in [1.82, 2.24) is 4.90 Å². The van der Waals surface area contributed by atoms with Crippen LogP contribution in [0.2, 0.25) is 15.1 Å². The fraction of sp³-hybridized carbons (Fsp3) is 0.333. The van der Waals surface area contributed by atoms with Gasteiger partial charge in [-0.1, -0.05) is 136 Å². The monoisotopic (exact) mass is 687 g/mol. The smallest absolute Gasteiger partial charge is 0.304 e. The molecule has 1 heterocycles. The number of benzene rings is 4. The summed E-state index contributed by atoms with van der Waals surface area (Å²) >= 11 is 12.8. The summed E-state index contributed by atoms with van der Waals surface area (Å²) in [6.07, 6.45) is 0.767. The van der Waals surface area contributed by atoms with Crippen molar-refractivity contribution in [3.05, 3.63) is 130 Å². The van der Waals surface area contributed by atoms with Crippen molar-refractivity contribution in [2.24, 2.45) is 5.92 Å². The number of nitrogens with zero attached hydrogens (tertiary/aromatic N) is 1. The molecule has 0 aromatic heterocycles. The van der Waals surface area contributed by atoms with Gasteiger partial charge in [-0.25, -0.2) is 0 Å². The number of hydrogen-bond donors (Lipinski definition) is 1. The van der Waals surface area contributed by atoms with Gasteiger partial charge in [0.1, 0.15) is 0 Å². The van der Waals surface area contributed by atoms with Crippen LogP contribution in [0.5, 0.6) is 0 Å². The van der Waals surface area contributed by atoms with E-state index in [0.717, 1.165) is 21.5 Å². The van der Waals surface area contributed by atoms with Crippen LogP contribution >= 0.6 is 23.2 Å². The first-order valence-electron chi connectivity index (χ1n) is 16.3. The van der Waals surface area contributed by atoms with Gasteiger partial charge in [-0.15, -0.1) is 0 Å². The summed E-state index contributed by atoms with van der Waals surface area (Å²) in [6.45, 7) is 9.07. The van der Waals surface area contributed by atoms with E-state index in [2.05, 4.69) is 76.2 Å². The Morgan fingerprint density at radius 2 is 1.47 bits per heavy atom. The van der Waals surface area contributed by atoms with Crippen LogP contribution in [0.1, 0.15) is 70.0 Å². The van der Waals surface area contributed by atoms with Crippen LogP contribution in [0.15, 0.2) is 109 Å². The molecule has 5 nitrogen and oxygen atoms in total. The number of amides is 1. The van der Waals surface area contributed by atoms with E-state index in [9.17, 15) is 14.7 Å². The molecule has 1 aliphatic rings. The SMILES string of the molecule is CC[C@@H](CO[Si](c1ccccc1)(c1ccccc1)C(C)(C)C)N1C(=O)[C@H](CC(=O)O)C[C@H](c2cccc(Cl)c2)[C@H]1c1ccc(Cl)cc1. The van der Waals surface area contributed by atoms with E-state index >= 15 is 0 Å². The maximum absolute atomic E-state index is 14.6. The molecule has 4 aromatic carbocycles. The molecule has 1 aliphatic heterocycles. The number of carbonyl (C=O) groups is 2. The van der Waals surface area contributed by atoms with Crippen LogP contribution < -0.4 is 10.4 Å². The highest BCUT2D eigenvalue weighted by Crippen LogP contribution is 2.48. The molecule has 1 N–H and O–H groups in total. The normalized spacial score (nSPS) is 19.4. The molecule has 4 aromatic rings. The molecule has 0 unspecified atom stereocenters. The number of rotatable bonds is 11. The second-order valence-corrected chi connectivity index (χ2v) is 18.6. The van der Waals surface area contributed by atoms with E-state index in [1.54, 1.807) is 0 Å². The number of carboxylic acids is 1. The van der Waals surface area contributed by atoms with Crippen LogP contribution in [0, 0.1) is 5.92 Å². The summed E-state index contributed by atoms with van der Waals surface area (Å²) in [5, 5.41) is 13.2. The van der Waals surface area contributed by atoms with Crippen molar-refractivity contribution in [2.75, 3.05) is 6.61 Å². The highest BCUT2D eigenvalue weighted by molar-refractivity contribution is 6.99. The summed E-state index contributed by atoms with van der Waals surface area (Å²) in [6, 6.07) is 35.5. The molecule has 1 amide bonds. The van der Waals surface area contributed by atoms with Gasteiger partial charge in [0.05, 0.1) is 25.1 Å². The molecule has 8 heteroatoms. The van der Waals surface area contributed by atoms with E-state index in [4.69, 9.17) is 27.6 Å². The van der Waals surface area contributed by atoms with Crippen LogP contribution in [0.3, 0.4) is 0 Å². The maximum atomic E-state index is 14.6. The van der Waals surface area contributed by atoms with Crippen molar-refractivity contribution in [2.45, 2.75) is 70.0 Å². The van der Waals surface area contributed by atoms with Gasteiger partial charge in [-0.3, -0.25) is 9.59 Å². The average molecular weight is 689 g/mol. The van der Waals surface area contributed by atoms with Crippen molar-refractivity contribution in [3.63, 3.8) is 0 Å². The zero-order valence-electron chi connectivity index (χ0n) is 27.4. The lowest BCUT2D eigenvalue weighted by molar-refractivity contribution is -0.153. The summed E-state index contributed by atoms with van der Waals surface area (Å²) < 4.78 is 7.39. The van der Waals surface area contributed by atoms with Gasteiger partial charge in [-0.05, 0) is 63.6 Å². The summed E-state index contributed by atoms with van der Waals surface area (Å²) in [5.74, 6) is -2.04. The van der Waals surface area contributed by atoms with Crippen LogP contribution in [-0.4, -0.2) is 42.8 Å². The highest BCUT2D eigenvalue weighted by Gasteiger charge is 2.52. The molecule has 5 rings (SSSR count). The molecule has 1 saturated heterocycles. The first-order chi connectivity index (χ1) is 22.5. The van der Waals surface area contributed by atoms with Crippen LogP contribution in [-0.2, 0) is 14.0 Å². The van der Waals surface area contributed by atoms with Gasteiger partial charge in [-0.2, -0.15) is 0 Å². The topological polar surface area (TPSA) is 66.8 Å². The van der Waals surface area contributed by atoms with Crippen molar-refractivity contribution >= 4 is 53.8 Å². The molecule has 0 spiro atoms. The Hall–Kier alpha value is -3.42. The van der Waals surface area contributed by atoms with Crippen molar-refractivity contribution in [1.29, 1.82) is 0 Å². The number of piperidine rings is 1. The standard InChI is InChI=1S/C39H43Cl2NO4Si/c1-5-32(26-46-47(39(2,3)4,33-15-8-6-9-16-33)34-17-10-7-11-18-34)42-37(27-19-21-30(40)22-20-27)35(28-13-12-14-31(41)23-28)24-29(38(42)45)25-36(43)44/h6-23,29,32,35,37H,5,24-26H2,1-4H3,(H,43,44)/t29-,32-,35+,37+/m0/s1. The van der Waals surface area contributed by atoms with Gasteiger partial charge in [0, 0.05) is 21.9 Å². The summed E-state index contributed by atoms with van der Waals surface area (Å²) in [4.78, 5) is 28.6. The second-order valence-electron chi connectivity index (χ2n) is 13.5. The summed E-state index contributed by atoms with van der Waals surface area (Å²) in [7, 11) is -2.92. The molecule has 0 aliphatic carbocycles. The first kappa shape index (κ1) is 34.9. The van der Waals surface area contributed by atoms with E-state index < -0.39 is 20.2 Å². The Morgan fingerprint density at radius 3 is 1.98 bits per heavy atom. The number of carboxylic acid groups (broad SMARTS) is 1. The quantitative estimate of drug-likeness (QED) is 0.161. The lowest BCUT2D eigenvalue weighted by atomic mass is 9.74. The van der Waals surface area contributed by atoms with E-state index in [1.165, 1.54) is 0 Å². The summed E-state index contributed by atoms with van der Waals surface area (Å²) in [5.41, 5.74) is 1.90. The molecular formula is C39H43Cl2NO4Si. The Bertz CT molecular complexity index is 1620. The van der Waals surface area contributed by atoms with Crippen molar-refractivity contribution in [3.8, 4) is 0 Å². The number of likely N-dealkylation sites (tertiary alicyclic amines) is 1. The fourth-order valence-electron chi connectivity index (χ4n) is 7.35. The number of halogens is 2. The Morgan fingerprint density at radius 1 is 0.872 bits per heavy atom. The Kier molecular flexibility index (Phi) is 11.0. The van der Waals surface area contributed by atoms with Gasteiger partial charge in [0.15, 0.2) is 0 Å². The largest absolute Gasteiger partial charge is 0.481 e. The molecule has 1 fully saturated rings. The number of carbonyl (C=O) groups excluding carboxylic acids is 1. The van der Waals surface area contributed by atoms with Crippen LogP contribution in [0.25, 0.3) is 0 Å². The molecule has 47 heavy (non-hydrogen) atoms. The molecule has 0 bridgehead atoms. The van der Waals surface area contributed by atoms with Gasteiger partial charge >= 0.3 is 5.97 Å². The second kappa shape index (κ2) is 14.8. The molecule has 0 radical (unpaired) electrons. The lowest BCUT2D eigenvalue weighted by Gasteiger charge is -2.50. The highest BCUT2D eigenvalue weighted by atomic mass is 35.5. The van der Waals surface area contributed by atoms with E-state index in [1.807, 2.05) is 65.6 Å². The molecule has 4 atom stereocenters.